The zero-order valence-corrected chi connectivity index (χ0v) is 8.46. The third-order valence-corrected chi connectivity index (χ3v) is 2.06. The predicted molar refractivity (Wildman–Crippen MR) is 54.7 cm³/mol. The molecule has 1 aromatic heterocycles. The molecule has 2 aromatic rings. The maximum Gasteiger partial charge on any atom is 0.177 e. The minimum atomic E-state index is 0.0413. The fourth-order valence-corrected chi connectivity index (χ4v) is 1.23. The maximum absolute atomic E-state index is 8.72. The van der Waals surface area contributed by atoms with Crippen molar-refractivity contribution in [3.63, 3.8) is 0 Å². The van der Waals surface area contributed by atoms with Crippen molar-refractivity contribution in [2.45, 2.75) is 13.3 Å². The molecular weight excluding hydrogens is 192 g/mol. The smallest absolute Gasteiger partial charge is 0.177 e. The normalized spacial score (nSPS) is 10.5. The van der Waals surface area contributed by atoms with Crippen LogP contribution in [0.4, 0.5) is 0 Å². The number of aryl methyl sites for hydroxylation is 1. The topological polar surface area (TPSA) is 63.8 Å². The summed E-state index contributed by atoms with van der Waals surface area (Å²) in [4.78, 5) is 1.46. The van der Waals surface area contributed by atoms with E-state index < -0.39 is 0 Å². The van der Waals surface area contributed by atoms with Gasteiger partial charge in [-0.3, -0.25) is 0 Å². The van der Waals surface area contributed by atoms with E-state index in [1.54, 1.807) is 0 Å². The molecule has 0 unspecified atom stereocenters. The Labute approximate surface area is 87.4 Å². The fourth-order valence-electron chi connectivity index (χ4n) is 1.23. The average Bonchev–Trinajstić information content (AvgIpc) is 2.68. The first kappa shape index (κ1) is 9.79. The van der Waals surface area contributed by atoms with Gasteiger partial charge >= 0.3 is 0 Å². The number of hydrogen-bond donors (Lipinski definition) is 1. The first-order chi connectivity index (χ1) is 7.29. The fraction of sp³-hybridized carbons (Fsp3) is 0.300. The maximum atomic E-state index is 8.72. The molecule has 78 valence electrons. The molecule has 0 bridgehead atoms. The highest BCUT2D eigenvalue weighted by molar-refractivity contribution is 5.31. The van der Waals surface area contributed by atoms with Gasteiger partial charge in [0, 0.05) is 6.42 Å². The molecule has 0 saturated carbocycles. The molecule has 1 heterocycles. The number of aliphatic hydroxyl groups is 1. The average molecular weight is 204 g/mol. The summed E-state index contributed by atoms with van der Waals surface area (Å²) in [6.07, 6.45) is 0.436. The van der Waals surface area contributed by atoms with Gasteiger partial charge in [0.05, 0.1) is 12.3 Å². The molecule has 0 fully saturated rings. The largest absolute Gasteiger partial charge is 0.396 e. The summed E-state index contributed by atoms with van der Waals surface area (Å²) in [6.45, 7) is 2.06. The van der Waals surface area contributed by atoms with Crippen LogP contribution in [0.15, 0.2) is 24.3 Å². The molecule has 1 N–H and O–H groups in total. The Morgan fingerprint density at radius 2 is 2.00 bits per heavy atom. The van der Waals surface area contributed by atoms with E-state index in [0.29, 0.717) is 12.2 Å². The number of hydrogen-bond acceptors (Lipinski definition) is 4. The summed E-state index contributed by atoms with van der Waals surface area (Å²) < 4.78 is 0. The van der Waals surface area contributed by atoms with Crippen LogP contribution < -0.4 is 0 Å². The van der Waals surface area contributed by atoms with E-state index in [0.717, 1.165) is 5.69 Å². The Hall–Kier alpha value is -1.75. The van der Waals surface area contributed by atoms with Gasteiger partial charge in [-0.1, -0.05) is 17.7 Å². The van der Waals surface area contributed by atoms with Crippen LogP contribution in [0.5, 0.6) is 0 Å². The molecule has 0 aliphatic carbocycles. The molecule has 0 radical (unpaired) electrons. The number of tetrazole rings is 1. The van der Waals surface area contributed by atoms with Gasteiger partial charge in [0.15, 0.2) is 5.82 Å². The molecule has 2 rings (SSSR count). The lowest BCUT2D eigenvalue weighted by atomic mass is 10.2. The summed E-state index contributed by atoms with van der Waals surface area (Å²) in [5.74, 6) is 0.554. The van der Waals surface area contributed by atoms with Crippen LogP contribution in [0.1, 0.15) is 11.4 Å². The van der Waals surface area contributed by atoms with Crippen LogP contribution in [-0.2, 0) is 6.42 Å². The van der Waals surface area contributed by atoms with Crippen molar-refractivity contribution in [3.8, 4) is 5.69 Å². The highest BCUT2D eigenvalue weighted by Gasteiger charge is 2.03. The lowest BCUT2D eigenvalue weighted by Crippen LogP contribution is -1.99. The summed E-state index contributed by atoms with van der Waals surface area (Å²) in [5.41, 5.74) is 2.06. The molecule has 5 nitrogen and oxygen atoms in total. The van der Waals surface area contributed by atoms with Crippen molar-refractivity contribution in [3.05, 3.63) is 35.7 Å². The van der Waals surface area contributed by atoms with E-state index in [1.807, 2.05) is 31.2 Å². The molecule has 0 aliphatic rings. The van der Waals surface area contributed by atoms with Gasteiger partial charge < -0.3 is 5.11 Å². The van der Waals surface area contributed by atoms with E-state index in [1.165, 1.54) is 10.4 Å². The van der Waals surface area contributed by atoms with Crippen molar-refractivity contribution < 1.29 is 5.11 Å². The van der Waals surface area contributed by atoms with Crippen LogP contribution >= 0.6 is 0 Å². The van der Waals surface area contributed by atoms with Gasteiger partial charge in [-0.25, -0.2) is 0 Å². The highest BCUT2D eigenvalue weighted by atomic mass is 16.3. The summed E-state index contributed by atoms with van der Waals surface area (Å²) >= 11 is 0. The van der Waals surface area contributed by atoms with Gasteiger partial charge in [-0.05, 0) is 24.3 Å². The van der Waals surface area contributed by atoms with E-state index in [9.17, 15) is 0 Å². The minimum absolute atomic E-state index is 0.0413. The van der Waals surface area contributed by atoms with Crippen molar-refractivity contribution in [1.82, 2.24) is 20.2 Å². The first-order valence-electron chi connectivity index (χ1n) is 4.76. The second-order valence-electron chi connectivity index (χ2n) is 3.30. The summed E-state index contributed by atoms with van der Waals surface area (Å²) in [7, 11) is 0. The minimum Gasteiger partial charge on any atom is -0.396 e. The number of benzene rings is 1. The number of aliphatic hydroxyl groups excluding tert-OH is 1. The number of aromatic nitrogens is 4. The molecular formula is C10H12N4O. The van der Waals surface area contributed by atoms with Crippen molar-refractivity contribution in [1.29, 1.82) is 0 Å². The molecule has 1 aromatic carbocycles. The van der Waals surface area contributed by atoms with Crippen molar-refractivity contribution in [2.24, 2.45) is 0 Å². The molecule has 0 atom stereocenters. The van der Waals surface area contributed by atoms with Gasteiger partial charge in [0.1, 0.15) is 0 Å². The standard InChI is InChI=1S/C10H12N4O/c1-8-2-4-9(5-3-8)14-12-10(6-7-15)11-13-14/h2-5,15H,6-7H2,1H3. The molecule has 0 aliphatic heterocycles. The summed E-state index contributed by atoms with van der Waals surface area (Å²) in [6, 6.07) is 7.84. The Morgan fingerprint density at radius 1 is 1.27 bits per heavy atom. The molecule has 15 heavy (non-hydrogen) atoms. The van der Waals surface area contributed by atoms with Crippen LogP contribution in [0.25, 0.3) is 5.69 Å². The zero-order chi connectivity index (χ0) is 10.7. The monoisotopic (exact) mass is 204 g/mol. The molecule has 5 heteroatoms. The van der Waals surface area contributed by atoms with Gasteiger partial charge in [0.2, 0.25) is 0 Å². The lowest BCUT2D eigenvalue weighted by molar-refractivity contribution is 0.296. The second kappa shape index (κ2) is 4.18. The second-order valence-corrected chi connectivity index (χ2v) is 3.30. The third kappa shape index (κ3) is 2.19. The van der Waals surface area contributed by atoms with E-state index in [4.69, 9.17) is 5.11 Å². The molecule has 0 saturated heterocycles. The quantitative estimate of drug-likeness (QED) is 0.791. The SMILES string of the molecule is Cc1ccc(-n2nnc(CCO)n2)cc1. The molecule has 0 amide bonds. The Bertz CT molecular complexity index is 435. The Balaban J connectivity index is 2.25. The number of rotatable bonds is 3. The number of nitrogens with zero attached hydrogens (tertiary/aromatic N) is 4. The zero-order valence-electron chi connectivity index (χ0n) is 8.46. The van der Waals surface area contributed by atoms with Crippen LogP contribution in [0.3, 0.4) is 0 Å². The molecule has 0 spiro atoms. The van der Waals surface area contributed by atoms with E-state index in [2.05, 4.69) is 15.4 Å². The van der Waals surface area contributed by atoms with Crippen LogP contribution in [-0.4, -0.2) is 31.9 Å². The van der Waals surface area contributed by atoms with Gasteiger partial charge in [-0.15, -0.1) is 15.0 Å². The van der Waals surface area contributed by atoms with Gasteiger partial charge in [-0.2, -0.15) is 0 Å². The van der Waals surface area contributed by atoms with Crippen LogP contribution in [0.2, 0.25) is 0 Å². The van der Waals surface area contributed by atoms with Crippen molar-refractivity contribution in [2.75, 3.05) is 6.61 Å². The first-order valence-corrected chi connectivity index (χ1v) is 4.76. The third-order valence-electron chi connectivity index (χ3n) is 2.06. The lowest BCUT2D eigenvalue weighted by Gasteiger charge is -1.97. The highest BCUT2D eigenvalue weighted by Crippen LogP contribution is 2.06. The van der Waals surface area contributed by atoms with Crippen LogP contribution in [0, 0.1) is 6.92 Å². The summed E-state index contributed by atoms with van der Waals surface area (Å²) in [5, 5.41) is 20.6. The van der Waals surface area contributed by atoms with Gasteiger partial charge in [0.25, 0.3) is 0 Å². The Kier molecular flexibility index (Phi) is 2.73. The van der Waals surface area contributed by atoms with E-state index in [-0.39, 0.29) is 6.61 Å². The Morgan fingerprint density at radius 3 is 2.67 bits per heavy atom. The van der Waals surface area contributed by atoms with Crippen molar-refractivity contribution >= 4 is 0 Å². The predicted octanol–water partition coefficient (Wildman–Crippen LogP) is 0.506. The van der Waals surface area contributed by atoms with E-state index >= 15 is 0 Å².